The number of hydrogen-bond donors (Lipinski definition) is 5. The van der Waals surface area contributed by atoms with Crippen molar-refractivity contribution >= 4 is 27.6 Å². The average molecular weight is 489 g/mol. The SMILES string of the molecule is C=C(C(=O)NO)C1CCN(C(=N)N)C(n2c(C)ccc(NS(=O)(=O)Cc3ccccc3)c2=O)C1. The maximum atomic E-state index is 13.4. The van der Waals surface area contributed by atoms with Gasteiger partial charge in [0.05, 0.1) is 5.75 Å². The molecule has 1 aliphatic rings. The van der Waals surface area contributed by atoms with E-state index in [2.05, 4.69) is 11.3 Å². The van der Waals surface area contributed by atoms with E-state index in [-0.39, 0.29) is 35.9 Å². The maximum Gasteiger partial charge on any atom is 0.276 e. The van der Waals surface area contributed by atoms with Crippen LogP contribution in [0.3, 0.4) is 0 Å². The van der Waals surface area contributed by atoms with Crippen molar-refractivity contribution in [2.45, 2.75) is 31.7 Å². The number of nitrogens with one attached hydrogen (secondary N) is 3. The summed E-state index contributed by atoms with van der Waals surface area (Å²) in [4.78, 5) is 26.8. The molecule has 2 unspecified atom stereocenters. The first-order chi connectivity index (χ1) is 16.0. The van der Waals surface area contributed by atoms with Gasteiger partial charge in [0.2, 0.25) is 10.0 Å². The second-order valence-electron chi connectivity index (χ2n) is 8.16. The first kappa shape index (κ1) is 25.0. The Bertz CT molecular complexity index is 1260. The zero-order chi connectivity index (χ0) is 25.0. The zero-order valence-corrected chi connectivity index (χ0v) is 19.5. The number of nitrogens with zero attached hydrogens (tertiary/aromatic N) is 2. The van der Waals surface area contributed by atoms with Crippen LogP contribution in [0.25, 0.3) is 0 Å². The number of piperidine rings is 1. The Balaban J connectivity index is 1.96. The molecule has 12 heteroatoms. The monoisotopic (exact) mass is 488 g/mol. The van der Waals surface area contributed by atoms with Crippen LogP contribution < -0.4 is 21.5 Å². The molecular weight excluding hydrogens is 460 g/mol. The molecule has 34 heavy (non-hydrogen) atoms. The van der Waals surface area contributed by atoms with E-state index in [9.17, 15) is 18.0 Å². The number of likely N-dealkylation sites (tertiary alicyclic amines) is 1. The van der Waals surface area contributed by atoms with E-state index in [4.69, 9.17) is 16.4 Å². The second-order valence-corrected chi connectivity index (χ2v) is 9.88. The van der Waals surface area contributed by atoms with E-state index in [1.807, 2.05) is 0 Å². The zero-order valence-electron chi connectivity index (χ0n) is 18.7. The highest BCUT2D eigenvalue weighted by atomic mass is 32.2. The number of hydrogen-bond acceptors (Lipinski definition) is 6. The van der Waals surface area contributed by atoms with Crippen LogP contribution in [0.1, 0.15) is 30.3 Å². The lowest BCUT2D eigenvalue weighted by Gasteiger charge is -2.41. The number of amides is 1. The predicted octanol–water partition coefficient (Wildman–Crippen LogP) is 1.26. The number of guanidine groups is 1. The van der Waals surface area contributed by atoms with E-state index in [1.54, 1.807) is 48.8 Å². The molecule has 1 amide bonds. The number of anilines is 1. The van der Waals surface area contributed by atoms with E-state index in [0.717, 1.165) is 0 Å². The van der Waals surface area contributed by atoms with Crippen molar-refractivity contribution in [2.75, 3.05) is 11.3 Å². The van der Waals surface area contributed by atoms with Crippen LogP contribution in [0.5, 0.6) is 0 Å². The third-order valence-electron chi connectivity index (χ3n) is 5.85. The van der Waals surface area contributed by atoms with Crippen LogP contribution in [0.2, 0.25) is 0 Å². The number of pyridine rings is 1. The molecule has 2 aromatic rings. The van der Waals surface area contributed by atoms with Gasteiger partial charge in [-0.15, -0.1) is 0 Å². The Hall–Kier alpha value is -3.64. The van der Waals surface area contributed by atoms with Crippen LogP contribution >= 0.6 is 0 Å². The number of nitrogens with two attached hydrogens (primary N) is 1. The molecule has 11 nitrogen and oxygen atoms in total. The van der Waals surface area contributed by atoms with Gasteiger partial charge >= 0.3 is 0 Å². The van der Waals surface area contributed by atoms with Gasteiger partial charge in [0, 0.05) is 17.8 Å². The lowest BCUT2D eigenvalue weighted by molar-refractivity contribution is -0.126. The number of rotatable bonds is 7. The quantitative estimate of drug-likeness (QED) is 0.128. The van der Waals surface area contributed by atoms with E-state index in [1.165, 1.54) is 15.5 Å². The van der Waals surface area contributed by atoms with Gasteiger partial charge in [0.15, 0.2) is 5.96 Å². The summed E-state index contributed by atoms with van der Waals surface area (Å²) in [5.74, 6) is -1.69. The molecule has 6 N–H and O–H groups in total. The molecule has 1 aliphatic heterocycles. The minimum atomic E-state index is -3.88. The fourth-order valence-corrected chi connectivity index (χ4v) is 5.33. The van der Waals surface area contributed by atoms with Crippen molar-refractivity contribution in [1.29, 1.82) is 5.41 Å². The highest BCUT2D eigenvalue weighted by molar-refractivity contribution is 7.91. The Morgan fingerprint density at radius 3 is 2.56 bits per heavy atom. The van der Waals surface area contributed by atoms with Gasteiger partial charge < -0.3 is 10.6 Å². The molecule has 0 radical (unpaired) electrons. The van der Waals surface area contributed by atoms with Crippen LogP contribution in [0.15, 0.2) is 59.4 Å². The van der Waals surface area contributed by atoms with Gasteiger partial charge in [-0.1, -0.05) is 36.9 Å². The van der Waals surface area contributed by atoms with Crippen LogP contribution in [0, 0.1) is 18.3 Å². The van der Waals surface area contributed by atoms with Gasteiger partial charge in [0.25, 0.3) is 11.5 Å². The van der Waals surface area contributed by atoms with Gasteiger partial charge in [-0.25, -0.2) is 13.9 Å². The van der Waals surface area contributed by atoms with E-state index < -0.39 is 33.6 Å². The van der Waals surface area contributed by atoms with E-state index in [0.29, 0.717) is 17.7 Å². The Kier molecular flexibility index (Phi) is 7.42. The number of aryl methyl sites for hydroxylation is 1. The van der Waals surface area contributed by atoms with Crippen molar-refractivity contribution in [1.82, 2.24) is 14.9 Å². The average Bonchev–Trinajstić information content (AvgIpc) is 2.80. The first-order valence-electron chi connectivity index (χ1n) is 10.5. The Labute approximate surface area is 197 Å². The van der Waals surface area contributed by atoms with Gasteiger partial charge in [0.1, 0.15) is 11.9 Å². The molecule has 1 fully saturated rings. The molecule has 1 aromatic heterocycles. The number of carbonyl (C=O) groups is 1. The van der Waals surface area contributed by atoms with Crippen LogP contribution in [0.4, 0.5) is 5.69 Å². The minimum absolute atomic E-state index is 0.140. The summed E-state index contributed by atoms with van der Waals surface area (Å²) in [6.45, 7) is 5.69. The molecule has 0 spiro atoms. The number of sulfonamides is 1. The maximum absolute atomic E-state index is 13.4. The van der Waals surface area contributed by atoms with E-state index >= 15 is 0 Å². The van der Waals surface area contributed by atoms with Gasteiger partial charge in [-0.05, 0) is 43.4 Å². The highest BCUT2D eigenvalue weighted by Crippen LogP contribution is 2.34. The minimum Gasteiger partial charge on any atom is -0.370 e. The van der Waals surface area contributed by atoms with Crippen LogP contribution in [-0.2, 0) is 20.6 Å². The van der Waals surface area contributed by atoms with Crippen LogP contribution in [-0.4, -0.2) is 41.5 Å². The first-order valence-corrected chi connectivity index (χ1v) is 12.2. The van der Waals surface area contributed by atoms with Crippen molar-refractivity contribution in [3.63, 3.8) is 0 Å². The summed E-state index contributed by atoms with van der Waals surface area (Å²) < 4.78 is 29.2. The van der Waals surface area contributed by atoms with Crippen molar-refractivity contribution < 1.29 is 18.4 Å². The third kappa shape index (κ3) is 5.46. The molecule has 2 heterocycles. The molecule has 3 rings (SSSR count). The lowest BCUT2D eigenvalue weighted by atomic mass is 9.87. The summed E-state index contributed by atoms with van der Waals surface area (Å²) in [5, 5.41) is 16.9. The Morgan fingerprint density at radius 2 is 1.94 bits per heavy atom. The second kappa shape index (κ2) is 10.1. The fourth-order valence-electron chi connectivity index (χ4n) is 4.13. The lowest BCUT2D eigenvalue weighted by Crippen LogP contribution is -2.50. The molecular formula is C22H28N6O5S. The number of aromatic nitrogens is 1. The summed E-state index contributed by atoms with van der Waals surface area (Å²) in [7, 11) is -3.88. The highest BCUT2D eigenvalue weighted by Gasteiger charge is 2.35. The molecule has 0 bridgehead atoms. The van der Waals surface area contributed by atoms with Crippen molar-refractivity contribution in [3.05, 3.63) is 76.2 Å². The number of hydroxylamine groups is 1. The normalized spacial score (nSPS) is 18.2. The largest absolute Gasteiger partial charge is 0.370 e. The number of carbonyl (C=O) groups excluding carboxylic acids is 1. The third-order valence-corrected chi connectivity index (χ3v) is 7.10. The fraction of sp³-hybridized carbons (Fsp3) is 0.318. The predicted molar refractivity (Wildman–Crippen MR) is 128 cm³/mol. The summed E-state index contributed by atoms with van der Waals surface area (Å²) in [6.07, 6.45) is -0.127. The molecule has 2 atom stereocenters. The van der Waals surface area contributed by atoms with Crippen molar-refractivity contribution in [3.8, 4) is 0 Å². The number of benzene rings is 1. The molecule has 1 aromatic carbocycles. The Morgan fingerprint density at radius 1 is 1.26 bits per heavy atom. The standard InChI is InChI=1S/C22H28N6O5S/c1-14-8-9-18(26-34(32,33)13-16-6-4-3-5-7-16)21(30)28(14)19-12-17(15(2)20(29)25-31)10-11-27(19)22(23)24/h3-9,17,19,26,31H,2,10-13H2,1H3,(H3,23,24)(H,25,29). The summed E-state index contributed by atoms with van der Waals surface area (Å²) in [6, 6.07) is 11.6. The van der Waals surface area contributed by atoms with Crippen molar-refractivity contribution in [2.24, 2.45) is 11.7 Å². The molecule has 0 aliphatic carbocycles. The topological polar surface area (TPSA) is 171 Å². The smallest absolute Gasteiger partial charge is 0.276 e. The van der Waals surface area contributed by atoms with Gasteiger partial charge in [-0.3, -0.25) is 29.5 Å². The summed E-state index contributed by atoms with van der Waals surface area (Å²) >= 11 is 0. The molecule has 1 saturated heterocycles. The molecule has 0 saturated carbocycles. The van der Waals surface area contributed by atoms with Gasteiger partial charge in [-0.2, -0.15) is 0 Å². The summed E-state index contributed by atoms with van der Waals surface area (Å²) in [5.41, 5.74) is 7.82. The molecule has 182 valence electrons.